The fourth-order valence-electron chi connectivity index (χ4n) is 2.16. The monoisotopic (exact) mass is 302 g/mol. The van der Waals surface area contributed by atoms with Crippen molar-refractivity contribution in [3.05, 3.63) is 75.9 Å². The molecular formula is C16H12Cl2N2. The van der Waals surface area contributed by atoms with Gasteiger partial charge in [-0.25, -0.2) is 0 Å². The zero-order valence-electron chi connectivity index (χ0n) is 10.6. The Kier molecular flexibility index (Phi) is 3.62. The second kappa shape index (κ2) is 5.41. The SMILES string of the molecule is NC(c1ccc(Cl)c(Cl)c1)c1cnc2ccccc2c1. The van der Waals surface area contributed by atoms with Gasteiger partial charge in [0.25, 0.3) is 0 Å². The van der Waals surface area contributed by atoms with Gasteiger partial charge in [-0.3, -0.25) is 4.98 Å². The van der Waals surface area contributed by atoms with Gasteiger partial charge < -0.3 is 5.73 Å². The van der Waals surface area contributed by atoms with Crippen molar-refractivity contribution in [1.29, 1.82) is 0 Å². The van der Waals surface area contributed by atoms with Crippen molar-refractivity contribution in [2.75, 3.05) is 0 Å². The van der Waals surface area contributed by atoms with Crippen molar-refractivity contribution in [3.8, 4) is 0 Å². The van der Waals surface area contributed by atoms with E-state index in [0.29, 0.717) is 10.0 Å². The van der Waals surface area contributed by atoms with Gasteiger partial charge in [-0.1, -0.05) is 47.5 Å². The average molecular weight is 303 g/mol. The van der Waals surface area contributed by atoms with E-state index in [9.17, 15) is 0 Å². The smallest absolute Gasteiger partial charge is 0.0702 e. The molecular weight excluding hydrogens is 291 g/mol. The van der Waals surface area contributed by atoms with Gasteiger partial charge in [0.1, 0.15) is 0 Å². The van der Waals surface area contributed by atoms with E-state index in [1.165, 1.54) is 0 Å². The second-order valence-corrected chi connectivity index (χ2v) is 5.43. The first-order valence-corrected chi connectivity index (χ1v) is 6.96. The molecule has 0 aliphatic rings. The van der Waals surface area contributed by atoms with Crippen LogP contribution in [0.15, 0.2) is 54.7 Å². The lowest BCUT2D eigenvalue weighted by molar-refractivity contribution is 0.867. The van der Waals surface area contributed by atoms with E-state index in [0.717, 1.165) is 22.0 Å². The van der Waals surface area contributed by atoms with Gasteiger partial charge in [-0.05, 0) is 35.4 Å². The number of benzene rings is 2. The normalized spacial score (nSPS) is 12.6. The predicted octanol–water partition coefficient (Wildman–Crippen LogP) is 4.59. The van der Waals surface area contributed by atoms with Gasteiger partial charge in [0.05, 0.1) is 21.6 Å². The number of halogens is 2. The molecule has 20 heavy (non-hydrogen) atoms. The first-order chi connectivity index (χ1) is 9.65. The maximum absolute atomic E-state index is 6.28. The molecule has 0 aliphatic heterocycles. The molecule has 2 N–H and O–H groups in total. The Labute approximate surface area is 127 Å². The Morgan fingerprint density at radius 3 is 2.50 bits per heavy atom. The highest BCUT2D eigenvalue weighted by molar-refractivity contribution is 6.42. The Morgan fingerprint density at radius 1 is 0.900 bits per heavy atom. The molecule has 2 nitrogen and oxygen atoms in total. The van der Waals surface area contributed by atoms with Gasteiger partial charge in [0.15, 0.2) is 0 Å². The molecule has 4 heteroatoms. The number of pyridine rings is 1. The van der Waals surface area contributed by atoms with E-state index in [1.807, 2.05) is 30.3 Å². The summed E-state index contributed by atoms with van der Waals surface area (Å²) >= 11 is 12.0. The average Bonchev–Trinajstić information content (AvgIpc) is 2.49. The number of aromatic nitrogens is 1. The van der Waals surface area contributed by atoms with Crippen LogP contribution in [0.4, 0.5) is 0 Å². The van der Waals surface area contributed by atoms with Crippen molar-refractivity contribution in [1.82, 2.24) is 4.98 Å². The van der Waals surface area contributed by atoms with Crippen LogP contribution in [0.25, 0.3) is 10.9 Å². The molecule has 0 aliphatic carbocycles. The molecule has 0 fully saturated rings. The minimum absolute atomic E-state index is 0.276. The summed E-state index contributed by atoms with van der Waals surface area (Å²) < 4.78 is 0. The van der Waals surface area contributed by atoms with Crippen molar-refractivity contribution in [2.24, 2.45) is 5.73 Å². The van der Waals surface area contributed by atoms with Crippen LogP contribution in [-0.2, 0) is 0 Å². The molecule has 0 saturated carbocycles. The van der Waals surface area contributed by atoms with Crippen LogP contribution in [-0.4, -0.2) is 4.98 Å². The minimum Gasteiger partial charge on any atom is -0.320 e. The van der Waals surface area contributed by atoms with Crippen LogP contribution >= 0.6 is 23.2 Å². The molecule has 0 saturated heterocycles. The van der Waals surface area contributed by atoms with Gasteiger partial charge in [0, 0.05) is 11.6 Å². The van der Waals surface area contributed by atoms with Gasteiger partial charge in [-0.2, -0.15) is 0 Å². The maximum atomic E-state index is 6.28. The van der Waals surface area contributed by atoms with Gasteiger partial charge in [-0.15, -0.1) is 0 Å². The van der Waals surface area contributed by atoms with Crippen molar-refractivity contribution >= 4 is 34.1 Å². The van der Waals surface area contributed by atoms with Crippen LogP contribution in [0.1, 0.15) is 17.2 Å². The van der Waals surface area contributed by atoms with E-state index in [1.54, 1.807) is 18.3 Å². The standard InChI is InChI=1S/C16H12Cl2N2/c17-13-6-5-11(8-14(13)18)16(19)12-7-10-3-1-2-4-15(10)20-9-12/h1-9,16H,19H2. The fourth-order valence-corrected chi connectivity index (χ4v) is 2.46. The zero-order valence-corrected chi connectivity index (χ0v) is 12.1. The summed E-state index contributed by atoms with van der Waals surface area (Å²) in [6, 6.07) is 15.2. The van der Waals surface area contributed by atoms with Crippen LogP contribution in [0.5, 0.6) is 0 Å². The molecule has 0 spiro atoms. The molecule has 2 aromatic carbocycles. The lowest BCUT2D eigenvalue weighted by Crippen LogP contribution is -2.12. The summed E-state index contributed by atoms with van der Waals surface area (Å²) in [5, 5.41) is 2.10. The molecule has 100 valence electrons. The Bertz CT molecular complexity index is 771. The number of para-hydroxylation sites is 1. The van der Waals surface area contributed by atoms with Crippen LogP contribution in [0.3, 0.4) is 0 Å². The third-order valence-corrected chi connectivity index (χ3v) is 4.01. The van der Waals surface area contributed by atoms with E-state index in [-0.39, 0.29) is 6.04 Å². The molecule has 1 aromatic heterocycles. The summed E-state index contributed by atoms with van der Waals surface area (Å²) in [5.74, 6) is 0. The number of hydrogen-bond acceptors (Lipinski definition) is 2. The highest BCUT2D eigenvalue weighted by Gasteiger charge is 2.11. The van der Waals surface area contributed by atoms with Gasteiger partial charge in [0.2, 0.25) is 0 Å². The number of nitrogens with zero attached hydrogens (tertiary/aromatic N) is 1. The lowest BCUT2D eigenvalue weighted by Gasteiger charge is -2.13. The summed E-state index contributed by atoms with van der Waals surface area (Å²) in [6.07, 6.45) is 1.80. The first kappa shape index (κ1) is 13.4. The molecule has 1 heterocycles. The van der Waals surface area contributed by atoms with Crippen LogP contribution < -0.4 is 5.73 Å². The van der Waals surface area contributed by atoms with E-state index < -0.39 is 0 Å². The van der Waals surface area contributed by atoms with E-state index >= 15 is 0 Å². The summed E-state index contributed by atoms with van der Waals surface area (Å²) in [5.41, 5.74) is 9.10. The maximum Gasteiger partial charge on any atom is 0.0702 e. The molecule has 1 atom stereocenters. The van der Waals surface area contributed by atoms with Crippen LogP contribution in [0.2, 0.25) is 10.0 Å². The molecule has 0 bridgehead atoms. The lowest BCUT2D eigenvalue weighted by atomic mass is 10.00. The Morgan fingerprint density at radius 2 is 1.70 bits per heavy atom. The largest absolute Gasteiger partial charge is 0.320 e. The highest BCUT2D eigenvalue weighted by Crippen LogP contribution is 2.28. The molecule has 0 amide bonds. The zero-order chi connectivity index (χ0) is 14.1. The van der Waals surface area contributed by atoms with Crippen LogP contribution in [0, 0.1) is 0 Å². The number of nitrogens with two attached hydrogens (primary N) is 1. The van der Waals surface area contributed by atoms with Crippen molar-refractivity contribution in [3.63, 3.8) is 0 Å². The topological polar surface area (TPSA) is 38.9 Å². The molecule has 1 unspecified atom stereocenters. The molecule has 3 rings (SSSR count). The van der Waals surface area contributed by atoms with Gasteiger partial charge >= 0.3 is 0 Å². The summed E-state index contributed by atoms with van der Waals surface area (Å²) in [4.78, 5) is 4.43. The third-order valence-electron chi connectivity index (χ3n) is 3.27. The number of hydrogen-bond donors (Lipinski definition) is 1. The number of rotatable bonds is 2. The second-order valence-electron chi connectivity index (χ2n) is 4.61. The van der Waals surface area contributed by atoms with E-state index in [4.69, 9.17) is 28.9 Å². The molecule has 3 aromatic rings. The third kappa shape index (κ3) is 2.50. The quantitative estimate of drug-likeness (QED) is 0.752. The van der Waals surface area contributed by atoms with Crippen molar-refractivity contribution in [2.45, 2.75) is 6.04 Å². The van der Waals surface area contributed by atoms with E-state index in [2.05, 4.69) is 11.1 Å². The summed E-state index contributed by atoms with van der Waals surface area (Å²) in [6.45, 7) is 0. The Hall–Kier alpha value is -1.61. The van der Waals surface area contributed by atoms with Crippen molar-refractivity contribution < 1.29 is 0 Å². The highest BCUT2D eigenvalue weighted by atomic mass is 35.5. The Balaban J connectivity index is 2.02. The summed E-state index contributed by atoms with van der Waals surface area (Å²) in [7, 11) is 0. The molecule has 0 radical (unpaired) electrons. The first-order valence-electron chi connectivity index (χ1n) is 6.20. The minimum atomic E-state index is -0.276. The fraction of sp³-hybridized carbons (Fsp3) is 0.0625. The number of fused-ring (bicyclic) bond motifs is 1. The predicted molar refractivity (Wildman–Crippen MR) is 84.2 cm³/mol.